The summed E-state index contributed by atoms with van der Waals surface area (Å²) in [6.45, 7) is 4.60. The number of hydrogen-bond donors (Lipinski definition) is 0. The van der Waals surface area contributed by atoms with Crippen molar-refractivity contribution in [1.29, 1.82) is 0 Å². The maximum absolute atomic E-state index is 4.40. The van der Waals surface area contributed by atoms with Gasteiger partial charge >= 0.3 is 0 Å². The molecule has 32 heavy (non-hydrogen) atoms. The molecule has 0 aliphatic heterocycles. The van der Waals surface area contributed by atoms with Crippen LogP contribution in [-0.4, -0.2) is 9.55 Å². The Morgan fingerprint density at radius 3 is 1.81 bits per heavy atom. The van der Waals surface area contributed by atoms with Gasteiger partial charge < -0.3 is 4.57 Å². The Hall–Kier alpha value is -1.57. The highest BCUT2D eigenvalue weighted by molar-refractivity contribution is 5.15. The molecule has 0 fully saturated rings. The van der Waals surface area contributed by atoms with Gasteiger partial charge in [0.05, 0.1) is 6.33 Å². The fourth-order valence-electron chi connectivity index (χ4n) is 5.12. The van der Waals surface area contributed by atoms with Crippen LogP contribution in [0.3, 0.4) is 0 Å². The van der Waals surface area contributed by atoms with Gasteiger partial charge in [-0.2, -0.15) is 0 Å². The van der Waals surface area contributed by atoms with Gasteiger partial charge in [-0.3, -0.25) is 0 Å². The zero-order valence-corrected chi connectivity index (χ0v) is 21.2. The molecule has 180 valence electrons. The van der Waals surface area contributed by atoms with Gasteiger partial charge in [-0.25, -0.2) is 4.98 Å². The van der Waals surface area contributed by atoms with Gasteiger partial charge in [0.2, 0.25) is 0 Å². The maximum atomic E-state index is 4.40. The molecule has 0 saturated heterocycles. The molecule has 2 aromatic rings. The molecule has 0 N–H and O–H groups in total. The van der Waals surface area contributed by atoms with Gasteiger partial charge in [-0.1, -0.05) is 134 Å². The van der Waals surface area contributed by atoms with Gasteiger partial charge in [0.15, 0.2) is 0 Å². The van der Waals surface area contributed by atoms with Crippen molar-refractivity contribution in [3.05, 3.63) is 54.6 Å². The molecule has 2 atom stereocenters. The van der Waals surface area contributed by atoms with Gasteiger partial charge in [0.1, 0.15) is 0 Å². The summed E-state index contributed by atoms with van der Waals surface area (Å²) >= 11 is 0. The highest BCUT2D eigenvalue weighted by atomic mass is 15.1. The average Bonchev–Trinajstić information content (AvgIpc) is 3.35. The summed E-state index contributed by atoms with van der Waals surface area (Å²) in [6.07, 6.45) is 29.5. The first-order valence-electron chi connectivity index (χ1n) is 13.9. The molecule has 1 aromatic heterocycles. The quantitative estimate of drug-likeness (QED) is 0.188. The summed E-state index contributed by atoms with van der Waals surface area (Å²) in [5.74, 6) is 0.697. The van der Waals surface area contributed by atoms with Crippen LogP contribution >= 0.6 is 0 Å². The van der Waals surface area contributed by atoms with Gasteiger partial charge in [-0.15, -0.1) is 0 Å². The van der Waals surface area contributed by atoms with Crippen molar-refractivity contribution in [2.45, 2.75) is 129 Å². The minimum Gasteiger partial charge on any atom is -0.334 e. The normalized spacial score (nSPS) is 13.3. The van der Waals surface area contributed by atoms with Crippen LogP contribution in [0.2, 0.25) is 0 Å². The van der Waals surface area contributed by atoms with Gasteiger partial charge in [0.25, 0.3) is 0 Å². The van der Waals surface area contributed by atoms with Crippen LogP contribution in [-0.2, 0) is 6.42 Å². The van der Waals surface area contributed by atoms with E-state index in [1.165, 1.54) is 115 Å². The van der Waals surface area contributed by atoms with E-state index < -0.39 is 0 Å². The van der Waals surface area contributed by atoms with E-state index in [1.54, 1.807) is 0 Å². The highest BCUT2D eigenvalue weighted by Gasteiger charge is 2.23. The second kappa shape index (κ2) is 17.9. The lowest BCUT2D eigenvalue weighted by Gasteiger charge is -2.29. The third-order valence-corrected chi connectivity index (χ3v) is 7.07. The van der Waals surface area contributed by atoms with E-state index in [-0.39, 0.29) is 0 Å². The smallest absolute Gasteiger partial charge is 0.0948 e. The number of imidazole rings is 1. The van der Waals surface area contributed by atoms with Crippen LogP contribution in [0.15, 0.2) is 49.1 Å². The van der Waals surface area contributed by atoms with Crippen LogP contribution in [0.1, 0.15) is 128 Å². The summed E-state index contributed by atoms with van der Waals surface area (Å²) in [5, 5.41) is 0. The number of nitrogens with zero attached hydrogens (tertiary/aromatic N) is 2. The Morgan fingerprint density at radius 1 is 0.688 bits per heavy atom. The lowest BCUT2D eigenvalue weighted by Crippen LogP contribution is -2.21. The predicted molar refractivity (Wildman–Crippen MR) is 140 cm³/mol. The van der Waals surface area contributed by atoms with Crippen LogP contribution < -0.4 is 0 Å². The number of benzene rings is 1. The molecule has 0 bridgehead atoms. The van der Waals surface area contributed by atoms with E-state index in [1.807, 2.05) is 6.20 Å². The fraction of sp³-hybridized carbons (Fsp3) is 0.700. The zero-order valence-electron chi connectivity index (χ0n) is 21.2. The van der Waals surface area contributed by atoms with E-state index in [4.69, 9.17) is 0 Å². The number of aromatic nitrogens is 2. The average molecular weight is 439 g/mol. The molecule has 2 nitrogen and oxygen atoms in total. The van der Waals surface area contributed by atoms with E-state index in [0.29, 0.717) is 12.0 Å². The molecule has 0 aliphatic carbocycles. The van der Waals surface area contributed by atoms with E-state index >= 15 is 0 Å². The third-order valence-electron chi connectivity index (χ3n) is 7.07. The highest BCUT2D eigenvalue weighted by Crippen LogP contribution is 2.32. The first kappa shape index (κ1) is 26.7. The van der Waals surface area contributed by atoms with Crippen molar-refractivity contribution in [1.82, 2.24) is 9.55 Å². The van der Waals surface area contributed by atoms with Crippen LogP contribution in [0.5, 0.6) is 0 Å². The molecule has 1 heterocycles. The van der Waals surface area contributed by atoms with Crippen molar-refractivity contribution < 1.29 is 0 Å². The molecule has 0 radical (unpaired) electrons. The second-order valence-electron chi connectivity index (χ2n) is 9.85. The predicted octanol–water partition coefficient (Wildman–Crippen LogP) is 9.56. The lowest BCUT2D eigenvalue weighted by molar-refractivity contribution is 0.275. The molecule has 2 heteroatoms. The van der Waals surface area contributed by atoms with Crippen molar-refractivity contribution in [3.8, 4) is 0 Å². The molecule has 0 saturated carbocycles. The van der Waals surface area contributed by atoms with Crippen LogP contribution in [0, 0.1) is 5.92 Å². The lowest BCUT2D eigenvalue weighted by atomic mass is 9.84. The number of unbranched alkanes of at least 4 members (excludes halogenated alkanes) is 12. The molecule has 0 spiro atoms. The molecule has 2 rings (SSSR count). The Bertz CT molecular complexity index is 634. The molecule has 1 aromatic carbocycles. The Balaban J connectivity index is 1.89. The summed E-state index contributed by atoms with van der Waals surface area (Å²) < 4.78 is 2.42. The molecule has 2 unspecified atom stereocenters. The molecule has 0 amide bonds. The second-order valence-corrected chi connectivity index (χ2v) is 9.85. The summed E-state index contributed by atoms with van der Waals surface area (Å²) in [6, 6.07) is 11.7. The van der Waals surface area contributed by atoms with Gasteiger partial charge in [-0.05, 0) is 30.7 Å². The first-order valence-corrected chi connectivity index (χ1v) is 13.9. The van der Waals surface area contributed by atoms with E-state index in [0.717, 1.165) is 0 Å². The van der Waals surface area contributed by atoms with E-state index in [9.17, 15) is 0 Å². The molecular weight excluding hydrogens is 388 g/mol. The van der Waals surface area contributed by atoms with Gasteiger partial charge in [0, 0.05) is 18.4 Å². The fourth-order valence-corrected chi connectivity index (χ4v) is 5.12. The Morgan fingerprint density at radius 2 is 1.25 bits per heavy atom. The maximum Gasteiger partial charge on any atom is 0.0948 e. The molecular formula is C30H50N2. The van der Waals surface area contributed by atoms with E-state index in [2.05, 4.69) is 66.3 Å². The van der Waals surface area contributed by atoms with Crippen molar-refractivity contribution in [2.24, 2.45) is 5.92 Å². The van der Waals surface area contributed by atoms with Crippen LogP contribution in [0.4, 0.5) is 0 Å². The van der Waals surface area contributed by atoms with Crippen molar-refractivity contribution in [2.75, 3.05) is 0 Å². The largest absolute Gasteiger partial charge is 0.334 e. The topological polar surface area (TPSA) is 17.8 Å². The minimum atomic E-state index is 0.577. The van der Waals surface area contributed by atoms with Crippen LogP contribution in [0.25, 0.3) is 0 Å². The Labute approximate surface area is 199 Å². The summed E-state index contributed by atoms with van der Waals surface area (Å²) in [5.41, 5.74) is 1.49. The zero-order chi connectivity index (χ0) is 22.7. The summed E-state index contributed by atoms with van der Waals surface area (Å²) in [7, 11) is 0. The first-order chi connectivity index (χ1) is 15.8. The third kappa shape index (κ3) is 11.3. The molecule has 0 aliphatic rings. The van der Waals surface area contributed by atoms with Crippen molar-refractivity contribution >= 4 is 0 Å². The SMILES string of the molecule is CCCCCCCCCCCC(Cc1ccccc1)C(CCCCCCC)n1ccnc1. The monoisotopic (exact) mass is 438 g/mol. The Kier molecular flexibility index (Phi) is 14.9. The number of hydrogen-bond acceptors (Lipinski definition) is 1. The summed E-state index contributed by atoms with van der Waals surface area (Å²) in [4.78, 5) is 4.40. The number of rotatable bonds is 20. The standard InChI is InChI=1S/C30H50N2/c1-3-5-7-9-10-11-12-14-18-22-29(26-28-20-16-15-17-21-28)30(32-25-24-31-27-32)23-19-13-8-6-4-2/h15-17,20-21,24-25,27,29-30H,3-14,18-19,22-23,26H2,1-2H3. The van der Waals surface area contributed by atoms with Crippen molar-refractivity contribution in [3.63, 3.8) is 0 Å². The minimum absolute atomic E-state index is 0.577.